The SMILES string of the molecule is CNc1cccc(CN2CCCCCC2)n1. The number of hydrogen-bond donors (Lipinski definition) is 1. The van der Waals surface area contributed by atoms with E-state index in [1.54, 1.807) is 0 Å². The van der Waals surface area contributed by atoms with Crippen LogP contribution in [-0.2, 0) is 6.54 Å². The van der Waals surface area contributed by atoms with Gasteiger partial charge in [0.1, 0.15) is 5.82 Å². The van der Waals surface area contributed by atoms with Crippen molar-refractivity contribution in [2.75, 3.05) is 25.5 Å². The summed E-state index contributed by atoms with van der Waals surface area (Å²) in [5, 5.41) is 3.09. The van der Waals surface area contributed by atoms with E-state index in [4.69, 9.17) is 0 Å². The van der Waals surface area contributed by atoms with Crippen LogP contribution in [0.3, 0.4) is 0 Å². The Bertz CT molecular complexity index is 317. The van der Waals surface area contributed by atoms with Crippen molar-refractivity contribution in [3.05, 3.63) is 23.9 Å². The highest BCUT2D eigenvalue weighted by molar-refractivity contribution is 5.34. The van der Waals surface area contributed by atoms with Crippen molar-refractivity contribution in [1.82, 2.24) is 9.88 Å². The molecule has 3 heteroatoms. The van der Waals surface area contributed by atoms with E-state index in [-0.39, 0.29) is 0 Å². The molecule has 2 rings (SSSR count). The van der Waals surface area contributed by atoms with Gasteiger partial charge in [0.15, 0.2) is 0 Å². The minimum atomic E-state index is 0.965. The third kappa shape index (κ3) is 3.20. The highest BCUT2D eigenvalue weighted by Crippen LogP contribution is 2.13. The predicted octanol–water partition coefficient (Wildman–Crippen LogP) is 2.50. The summed E-state index contributed by atoms with van der Waals surface area (Å²) in [5.74, 6) is 0.965. The van der Waals surface area contributed by atoms with Crippen molar-refractivity contribution >= 4 is 5.82 Å². The Kier molecular flexibility index (Phi) is 4.17. The van der Waals surface area contributed by atoms with Gasteiger partial charge >= 0.3 is 0 Å². The first-order valence-electron chi connectivity index (χ1n) is 6.24. The van der Waals surface area contributed by atoms with Crippen LogP contribution in [0.5, 0.6) is 0 Å². The molecule has 0 aromatic carbocycles. The van der Waals surface area contributed by atoms with Gasteiger partial charge in [0.2, 0.25) is 0 Å². The van der Waals surface area contributed by atoms with Crippen molar-refractivity contribution in [1.29, 1.82) is 0 Å². The van der Waals surface area contributed by atoms with E-state index in [0.717, 1.165) is 12.4 Å². The van der Waals surface area contributed by atoms with E-state index in [0.29, 0.717) is 0 Å². The average Bonchev–Trinajstić information content (AvgIpc) is 2.58. The van der Waals surface area contributed by atoms with Gasteiger partial charge in [-0.2, -0.15) is 0 Å². The van der Waals surface area contributed by atoms with E-state index in [1.165, 1.54) is 44.5 Å². The Hall–Kier alpha value is -1.09. The summed E-state index contributed by atoms with van der Waals surface area (Å²) >= 11 is 0. The van der Waals surface area contributed by atoms with Gasteiger partial charge < -0.3 is 5.32 Å². The standard InChI is InChI=1S/C13H21N3/c1-14-13-8-6-7-12(15-13)11-16-9-4-2-3-5-10-16/h6-8H,2-5,9-11H2,1H3,(H,14,15). The van der Waals surface area contributed by atoms with Crippen LogP contribution in [0.2, 0.25) is 0 Å². The van der Waals surface area contributed by atoms with Crippen LogP contribution in [0, 0.1) is 0 Å². The molecule has 1 N–H and O–H groups in total. The summed E-state index contributed by atoms with van der Waals surface area (Å²) < 4.78 is 0. The third-order valence-electron chi connectivity index (χ3n) is 3.15. The molecule has 0 bridgehead atoms. The predicted molar refractivity (Wildman–Crippen MR) is 67.5 cm³/mol. The van der Waals surface area contributed by atoms with Gasteiger partial charge in [-0.3, -0.25) is 4.90 Å². The largest absolute Gasteiger partial charge is 0.373 e. The zero-order valence-corrected chi connectivity index (χ0v) is 10.1. The van der Waals surface area contributed by atoms with Gasteiger partial charge in [-0.25, -0.2) is 4.98 Å². The Morgan fingerprint density at radius 3 is 2.62 bits per heavy atom. The lowest BCUT2D eigenvalue weighted by molar-refractivity contribution is 0.274. The second kappa shape index (κ2) is 5.85. The quantitative estimate of drug-likeness (QED) is 0.846. The van der Waals surface area contributed by atoms with Gasteiger partial charge in [-0.1, -0.05) is 18.9 Å². The number of nitrogens with zero attached hydrogens (tertiary/aromatic N) is 2. The van der Waals surface area contributed by atoms with Crippen LogP contribution in [-0.4, -0.2) is 30.0 Å². The van der Waals surface area contributed by atoms with Crippen molar-refractivity contribution in [3.63, 3.8) is 0 Å². The minimum absolute atomic E-state index is 0.965. The fourth-order valence-electron chi connectivity index (χ4n) is 2.23. The van der Waals surface area contributed by atoms with Crippen molar-refractivity contribution in [2.24, 2.45) is 0 Å². The van der Waals surface area contributed by atoms with Gasteiger partial charge in [0.25, 0.3) is 0 Å². The molecule has 88 valence electrons. The second-order valence-electron chi connectivity index (χ2n) is 4.45. The van der Waals surface area contributed by atoms with E-state index >= 15 is 0 Å². The first-order valence-corrected chi connectivity index (χ1v) is 6.24. The van der Waals surface area contributed by atoms with E-state index < -0.39 is 0 Å². The van der Waals surface area contributed by atoms with E-state index in [2.05, 4.69) is 27.3 Å². The number of hydrogen-bond acceptors (Lipinski definition) is 3. The van der Waals surface area contributed by atoms with E-state index in [1.807, 2.05) is 13.1 Å². The summed E-state index contributed by atoms with van der Waals surface area (Å²) in [6, 6.07) is 6.20. The lowest BCUT2D eigenvalue weighted by atomic mass is 10.2. The second-order valence-corrected chi connectivity index (χ2v) is 4.45. The Balaban J connectivity index is 1.96. The monoisotopic (exact) mass is 219 g/mol. The maximum atomic E-state index is 4.56. The number of rotatable bonds is 3. The van der Waals surface area contributed by atoms with Crippen molar-refractivity contribution in [3.8, 4) is 0 Å². The number of pyridine rings is 1. The van der Waals surface area contributed by atoms with Gasteiger partial charge in [-0.05, 0) is 38.1 Å². The molecule has 2 heterocycles. The molecule has 1 saturated heterocycles. The molecule has 0 radical (unpaired) electrons. The fourth-order valence-corrected chi connectivity index (χ4v) is 2.23. The highest BCUT2D eigenvalue weighted by Gasteiger charge is 2.09. The molecule has 1 aromatic rings. The lowest BCUT2D eigenvalue weighted by Crippen LogP contribution is -2.24. The molecule has 0 saturated carbocycles. The molecule has 0 spiro atoms. The third-order valence-corrected chi connectivity index (χ3v) is 3.15. The summed E-state index contributed by atoms with van der Waals surface area (Å²) in [4.78, 5) is 7.09. The molecular formula is C13H21N3. The summed E-state index contributed by atoms with van der Waals surface area (Å²) in [5.41, 5.74) is 1.17. The molecule has 16 heavy (non-hydrogen) atoms. The first-order chi connectivity index (χ1) is 7.88. The molecule has 1 aromatic heterocycles. The van der Waals surface area contributed by atoms with Gasteiger partial charge in [-0.15, -0.1) is 0 Å². The van der Waals surface area contributed by atoms with Crippen LogP contribution in [0.25, 0.3) is 0 Å². The smallest absolute Gasteiger partial charge is 0.126 e. The van der Waals surface area contributed by atoms with Crippen LogP contribution in [0.1, 0.15) is 31.4 Å². The summed E-state index contributed by atoms with van der Waals surface area (Å²) in [6.07, 6.45) is 5.46. The summed E-state index contributed by atoms with van der Waals surface area (Å²) in [7, 11) is 1.91. The number of nitrogens with one attached hydrogen (secondary N) is 1. The van der Waals surface area contributed by atoms with Crippen LogP contribution < -0.4 is 5.32 Å². The normalized spacial score (nSPS) is 18.1. The topological polar surface area (TPSA) is 28.2 Å². The number of aromatic nitrogens is 1. The molecule has 0 amide bonds. The molecule has 1 fully saturated rings. The number of anilines is 1. The maximum absolute atomic E-state index is 4.56. The van der Waals surface area contributed by atoms with Crippen molar-refractivity contribution in [2.45, 2.75) is 32.2 Å². The Morgan fingerprint density at radius 2 is 1.94 bits per heavy atom. The molecule has 0 aliphatic carbocycles. The molecule has 1 aliphatic rings. The van der Waals surface area contributed by atoms with Crippen LogP contribution in [0.15, 0.2) is 18.2 Å². The lowest BCUT2D eigenvalue weighted by Gasteiger charge is -2.19. The fraction of sp³-hybridized carbons (Fsp3) is 0.615. The Morgan fingerprint density at radius 1 is 1.19 bits per heavy atom. The van der Waals surface area contributed by atoms with Crippen LogP contribution >= 0.6 is 0 Å². The Labute approximate surface area is 97.9 Å². The van der Waals surface area contributed by atoms with Gasteiger partial charge in [0.05, 0.1) is 5.69 Å². The molecule has 0 unspecified atom stereocenters. The molecular weight excluding hydrogens is 198 g/mol. The van der Waals surface area contributed by atoms with E-state index in [9.17, 15) is 0 Å². The molecule has 3 nitrogen and oxygen atoms in total. The van der Waals surface area contributed by atoms with Crippen molar-refractivity contribution < 1.29 is 0 Å². The average molecular weight is 219 g/mol. The zero-order valence-electron chi connectivity index (χ0n) is 10.1. The molecule has 1 aliphatic heterocycles. The maximum Gasteiger partial charge on any atom is 0.126 e. The molecule has 0 atom stereocenters. The summed E-state index contributed by atoms with van der Waals surface area (Å²) in [6.45, 7) is 3.45. The van der Waals surface area contributed by atoms with Crippen LogP contribution in [0.4, 0.5) is 5.82 Å². The minimum Gasteiger partial charge on any atom is -0.373 e. The first kappa shape index (κ1) is 11.4. The van der Waals surface area contributed by atoms with Gasteiger partial charge in [0, 0.05) is 13.6 Å². The zero-order chi connectivity index (χ0) is 11.2. The highest BCUT2D eigenvalue weighted by atomic mass is 15.1. The number of likely N-dealkylation sites (tertiary alicyclic amines) is 1.